The molecule has 1 atom stereocenters. The maximum atomic E-state index is 5.82. The summed E-state index contributed by atoms with van der Waals surface area (Å²) < 4.78 is 0. The minimum absolute atomic E-state index is 0.107. The third kappa shape index (κ3) is 2.26. The van der Waals surface area contributed by atoms with Crippen LogP contribution in [0.25, 0.3) is 10.9 Å². The van der Waals surface area contributed by atoms with Crippen molar-refractivity contribution in [3.05, 3.63) is 35.5 Å². The van der Waals surface area contributed by atoms with Gasteiger partial charge in [-0.15, -0.1) is 0 Å². The molecule has 3 nitrogen and oxygen atoms in total. The summed E-state index contributed by atoms with van der Waals surface area (Å²) in [5, 5.41) is 1.30. The van der Waals surface area contributed by atoms with E-state index in [1.54, 1.807) is 0 Å². The minimum Gasteiger partial charge on any atom is -0.361 e. The molecule has 0 spiro atoms. The lowest BCUT2D eigenvalue weighted by Gasteiger charge is -2.07. The van der Waals surface area contributed by atoms with Crippen molar-refractivity contribution in [3.63, 3.8) is 0 Å². The number of rotatable bonds is 4. The number of aromatic nitrogens is 1. The van der Waals surface area contributed by atoms with Gasteiger partial charge in [-0.2, -0.15) is 0 Å². The second kappa shape index (κ2) is 4.68. The van der Waals surface area contributed by atoms with Gasteiger partial charge in [-0.25, -0.2) is 0 Å². The highest BCUT2D eigenvalue weighted by Crippen LogP contribution is 2.20. The lowest BCUT2D eigenvalue weighted by molar-refractivity contribution is 0.624. The van der Waals surface area contributed by atoms with Crippen LogP contribution in [0.4, 0.5) is 0 Å². The second-order valence-electron chi connectivity index (χ2n) is 4.40. The van der Waals surface area contributed by atoms with E-state index in [0.29, 0.717) is 6.54 Å². The normalized spacial score (nSPS) is 13.2. The zero-order valence-corrected chi connectivity index (χ0v) is 9.66. The summed E-state index contributed by atoms with van der Waals surface area (Å²) in [5.74, 6) is 0. The van der Waals surface area contributed by atoms with E-state index >= 15 is 0 Å². The summed E-state index contributed by atoms with van der Waals surface area (Å²) in [7, 11) is 0. The third-order valence-electron chi connectivity index (χ3n) is 3.01. The predicted octanol–water partition coefficient (Wildman–Crippen LogP) is 1.69. The summed E-state index contributed by atoms with van der Waals surface area (Å²) in [5.41, 5.74) is 15.1. The fourth-order valence-electron chi connectivity index (χ4n) is 1.97. The molecular formula is C13H19N3. The maximum Gasteiger partial charge on any atom is 0.0459 e. The van der Waals surface area contributed by atoms with Gasteiger partial charge in [0.05, 0.1) is 0 Å². The molecule has 0 saturated carbocycles. The topological polar surface area (TPSA) is 67.8 Å². The van der Waals surface area contributed by atoms with Crippen LogP contribution in [0, 0.1) is 6.92 Å². The van der Waals surface area contributed by atoms with Crippen molar-refractivity contribution >= 4 is 10.9 Å². The highest BCUT2D eigenvalue weighted by molar-refractivity contribution is 5.83. The van der Waals surface area contributed by atoms with Crippen molar-refractivity contribution in [1.82, 2.24) is 4.98 Å². The van der Waals surface area contributed by atoms with Gasteiger partial charge in [0.15, 0.2) is 0 Å². The Morgan fingerprint density at radius 2 is 2.19 bits per heavy atom. The molecule has 1 unspecified atom stereocenters. The monoisotopic (exact) mass is 217 g/mol. The molecule has 5 N–H and O–H groups in total. The average Bonchev–Trinajstić information content (AvgIpc) is 2.68. The van der Waals surface area contributed by atoms with Crippen LogP contribution in [0.3, 0.4) is 0 Å². The van der Waals surface area contributed by atoms with Crippen LogP contribution in [0.2, 0.25) is 0 Å². The van der Waals surface area contributed by atoms with Crippen LogP contribution in [-0.4, -0.2) is 17.6 Å². The van der Waals surface area contributed by atoms with E-state index in [0.717, 1.165) is 12.8 Å². The number of hydrogen-bond donors (Lipinski definition) is 3. The Labute approximate surface area is 95.8 Å². The summed E-state index contributed by atoms with van der Waals surface area (Å²) in [6.45, 7) is 2.66. The van der Waals surface area contributed by atoms with E-state index < -0.39 is 0 Å². The standard InChI is InChI=1S/C13H19N3/c1-9-2-5-12-10(3-4-11(15)7-14)8-16-13(12)6-9/h2,5-6,8,11,16H,3-4,7,14-15H2,1H3. The van der Waals surface area contributed by atoms with Gasteiger partial charge >= 0.3 is 0 Å². The van der Waals surface area contributed by atoms with Gasteiger partial charge in [-0.3, -0.25) is 0 Å². The molecule has 1 heterocycles. The van der Waals surface area contributed by atoms with Crippen molar-refractivity contribution in [3.8, 4) is 0 Å². The number of aryl methyl sites for hydroxylation is 2. The Morgan fingerprint density at radius 1 is 1.38 bits per heavy atom. The van der Waals surface area contributed by atoms with Crippen LogP contribution >= 0.6 is 0 Å². The van der Waals surface area contributed by atoms with Crippen molar-refractivity contribution in [2.75, 3.05) is 6.54 Å². The highest BCUT2D eigenvalue weighted by Gasteiger charge is 2.05. The van der Waals surface area contributed by atoms with E-state index in [4.69, 9.17) is 11.5 Å². The first-order valence-corrected chi connectivity index (χ1v) is 5.73. The molecule has 0 bridgehead atoms. The number of hydrogen-bond acceptors (Lipinski definition) is 2. The molecule has 0 fully saturated rings. The van der Waals surface area contributed by atoms with Crippen LogP contribution < -0.4 is 11.5 Å². The van der Waals surface area contributed by atoms with Crippen molar-refractivity contribution in [2.24, 2.45) is 11.5 Å². The molecule has 0 aliphatic carbocycles. The van der Waals surface area contributed by atoms with Crippen molar-refractivity contribution in [2.45, 2.75) is 25.8 Å². The predicted molar refractivity (Wildman–Crippen MR) is 68.4 cm³/mol. The maximum absolute atomic E-state index is 5.82. The quantitative estimate of drug-likeness (QED) is 0.729. The van der Waals surface area contributed by atoms with E-state index in [-0.39, 0.29) is 6.04 Å². The van der Waals surface area contributed by atoms with E-state index in [1.807, 2.05) is 0 Å². The minimum atomic E-state index is 0.107. The lowest BCUT2D eigenvalue weighted by atomic mass is 10.0. The van der Waals surface area contributed by atoms with Gasteiger partial charge in [0, 0.05) is 29.7 Å². The van der Waals surface area contributed by atoms with Gasteiger partial charge in [-0.05, 0) is 37.0 Å². The largest absolute Gasteiger partial charge is 0.361 e. The molecule has 3 heteroatoms. The number of fused-ring (bicyclic) bond motifs is 1. The zero-order chi connectivity index (χ0) is 11.5. The molecular weight excluding hydrogens is 198 g/mol. The van der Waals surface area contributed by atoms with Gasteiger partial charge < -0.3 is 16.5 Å². The molecule has 86 valence electrons. The first-order valence-electron chi connectivity index (χ1n) is 5.73. The Morgan fingerprint density at radius 3 is 2.94 bits per heavy atom. The Balaban J connectivity index is 2.19. The fraction of sp³-hybridized carbons (Fsp3) is 0.385. The Kier molecular flexibility index (Phi) is 3.27. The summed E-state index contributed by atoms with van der Waals surface area (Å²) in [6, 6.07) is 6.59. The van der Waals surface area contributed by atoms with Gasteiger partial charge in [0.1, 0.15) is 0 Å². The SMILES string of the molecule is Cc1ccc2c(CCC(N)CN)c[nH]c2c1. The Hall–Kier alpha value is -1.32. The molecule has 0 aliphatic heterocycles. The van der Waals surface area contributed by atoms with Crippen molar-refractivity contribution in [1.29, 1.82) is 0 Å². The fourth-order valence-corrected chi connectivity index (χ4v) is 1.97. The molecule has 0 radical (unpaired) electrons. The number of aromatic amines is 1. The van der Waals surface area contributed by atoms with Crippen LogP contribution in [0.15, 0.2) is 24.4 Å². The van der Waals surface area contributed by atoms with Gasteiger partial charge in [0.2, 0.25) is 0 Å². The first-order chi connectivity index (χ1) is 7.70. The van der Waals surface area contributed by atoms with E-state index in [2.05, 4.69) is 36.3 Å². The number of H-pyrrole nitrogens is 1. The number of nitrogens with one attached hydrogen (secondary N) is 1. The third-order valence-corrected chi connectivity index (χ3v) is 3.01. The first kappa shape index (κ1) is 11.2. The summed E-state index contributed by atoms with van der Waals surface area (Å²) >= 11 is 0. The molecule has 0 aliphatic rings. The molecule has 16 heavy (non-hydrogen) atoms. The van der Waals surface area contributed by atoms with Crippen molar-refractivity contribution < 1.29 is 0 Å². The molecule has 2 aromatic rings. The Bertz CT molecular complexity index is 473. The number of benzene rings is 1. The zero-order valence-electron chi connectivity index (χ0n) is 9.66. The molecule has 1 aromatic carbocycles. The molecule has 1 aromatic heterocycles. The van der Waals surface area contributed by atoms with E-state index in [1.165, 1.54) is 22.0 Å². The van der Waals surface area contributed by atoms with Gasteiger partial charge in [-0.1, -0.05) is 12.1 Å². The summed E-state index contributed by atoms with van der Waals surface area (Å²) in [6.07, 6.45) is 4.01. The molecule has 0 saturated heterocycles. The summed E-state index contributed by atoms with van der Waals surface area (Å²) in [4.78, 5) is 3.30. The van der Waals surface area contributed by atoms with Crippen LogP contribution in [0.1, 0.15) is 17.5 Å². The average molecular weight is 217 g/mol. The van der Waals surface area contributed by atoms with E-state index in [9.17, 15) is 0 Å². The molecule has 0 amide bonds. The highest BCUT2D eigenvalue weighted by atomic mass is 14.7. The number of nitrogens with two attached hydrogens (primary N) is 2. The van der Waals surface area contributed by atoms with Gasteiger partial charge in [0.25, 0.3) is 0 Å². The van der Waals surface area contributed by atoms with Crippen LogP contribution in [0.5, 0.6) is 0 Å². The smallest absolute Gasteiger partial charge is 0.0459 e. The lowest BCUT2D eigenvalue weighted by Crippen LogP contribution is -2.29. The molecule has 2 rings (SSSR count). The second-order valence-corrected chi connectivity index (χ2v) is 4.40. The van der Waals surface area contributed by atoms with Crippen LogP contribution in [-0.2, 0) is 6.42 Å².